The van der Waals surface area contributed by atoms with Crippen molar-refractivity contribution in [2.45, 2.75) is 102 Å². The molecule has 0 bridgehead atoms. The van der Waals surface area contributed by atoms with Crippen molar-refractivity contribution in [3.05, 3.63) is 0 Å². The molecule has 0 rings (SSSR count). The summed E-state index contributed by atoms with van der Waals surface area (Å²) in [6, 6.07) is 0. The maximum atomic E-state index is 12.0. The highest BCUT2D eigenvalue weighted by atomic mass is 32.2. The Morgan fingerprint density at radius 1 is 0.667 bits per heavy atom. The van der Waals surface area contributed by atoms with Gasteiger partial charge in [-0.2, -0.15) is 0 Å². The molecule has 0 fully saturated rings. The molecule has 0 aliphatic carbocycles. The lowest BCUT2D eigenvalue weighted by Gasteiger charge is -2.17. The van der Waals surface area contributed by atoms with Gasteiger partial charge in [-0.05, 0) is 25.7 Å². The van der Waals surface area contributed by atoms with Crippen LogP contribution < -0.4 is 0 Å². The highest BCUT2D eigenvalue weighted by molar-refractivity contribution is 7.92. The first-order valence-corrected chi connectivity index (χ1v) is 10.2. The molecule has 0 heterocycles. The molecule has 0 aliphatic heterocycles. The van der Waals surface area contributed by atoms with Crippen LogP contribution in [0.5, 0.6) is 0 Å². The zero-order valence-corrected chi connectivity index (χ0v) is 14.6. The van der Waals surface area contributed by atoms with Crippen LogP contribution in [0, 0.1) is 0 Å². The molecular weight excluding hydrogens is 288 g/mol. The van der Waals surface area contributed by atoms with Gasteiger partial charge in [-0.1, -0.05) is 65.2 Å². The molecule has 2 unspecified atom stereocenters. The lowest BCUT2D eigenvalue weighted by molar-refractivity contribution is 0.196. The molecule has 5 heteroatoms. The van der Waals surface area contributed by atoms with Gasteiger partial charge >= 0.3 is 0 Å². The Hall–Kier alpha value is -0.130. The summed E-state index contributed by atoms with van der Waals surface area (Å²) in [4.78, 5) is 0. The van der Waals surface area contributed by atoms with Crippen LogP contribution in [-0.4, -0.2) is 29.5 Å². The maximum Gasteiger partial charge on any atom is 0.203 e. The van der Waals surface area contributed by atoms with E-state index in [9.17, 15) is 18.6 Å². The van der Waals surface area contributed by atoms with Crippen LogP contribution in [0.2, 0.25) is 0 Å². The van der Waals surface area contributed by atoms with Crippen LogP contribution >= 0.6 is 0 Å². The van der Waals surface area contributed by atoms with Gasteiger partial charge < -0.3 is 10.2 Å². The molecule has 0 aromatic carbocycles. The molecule has 0 spiro atoms. The van der Waals surface area contributed by atoms with Crippen molar-refractivity contribution < 1.29 is 18.6 Å². The Kier molecular flexibility index (Phi) is 12.3. The second kappa shape index (κ2) is 12.4. The third kappa shape index (κ3) is 9.48. The second-order valence-corrected chi connectivity index (χ2v) is 8.17. The summed E-state index contributed by atoms with van der Waals surface area (Å²) in [6.07, 6.45) is 10.4. The highest BCUT2D eigenvalue weighted by Gasteiger charge is 2.30. The average Bonchev–Trinajstić information content (AvgIpc) is 2.46. The van der Waals surface area contributed by atoms with E-state index >= 15 is 0 Å². The van der Waals surface area contributed by atoms with Gasteiger partial charge in [0.2, 0.25) is 9.84 Å². The lowest BCUT2D eigenvalue weighted by atomic mass is 10.1. The Labute approximate surface area is 130 Å². The standard InChI is InChI=1S/C16H34O4S/c1-3-5-7-9-11-13-15(17)21(19,20)16(18)14-12-10-8-6-4-2/h15-18H,3-14H2,1-2H3. The molecule has 2 N–H and O–H groups in total. The molecule has 128 valence electrons. The summed E-state index contributed by atoms with van der Waals surface area (Å²) in [5.41, 5.74) is -2.82. The quantitative estimate of drug-likeness (QED) is 0.478. The lowest BCUT2D eigenvalue weighted by Crippen LogP contribution is -2.32. The minimum Gasteiger partial charge on any atom is -0.377 e. The van der Waals surface area contributed by atoms with Crippen molar-refractivity contribution >= 4 is 9.84 Å². The van der Waals surface area contributed by atoms with Crippen LogP contribution in [-0.2, 0) is 9.84 Å². The van der Waals surface area contributed by atoms with Crippen molar-refractivity contribution in [1.82, 2.24) is 0 Å². The highest BCUT2D eigenvalue weighted by Crippen LogP contribution is 2.18. The minimum absolute atomic E-state index is 0.235. The van der Waals surface area contributed by atoms with E-state index in [0.717, 1.165) is 51.4 Å². The summed E-state index contributed by atoms with van der Waals surface area (Å²) in [5, 5.41) is 19.6. The van der Waals surface area contributed by atoms with Gasteiger partial charge in [-0.25, -0.2) is 8.42 Å². The summed E-state index contributed by atoms with van der Waals surface area (Å²) in [5.74, 6) is 0. The van der Waals surface area contributed by atoms with Crippen LogP contribution in [0.1, 0.15) is 90.9 Å². The fourth-order valence-corrected chi connectivity index (χ4v) is 3.71. The monoisotopic (exact) mass is 322 g/mol. The molecule has 0 amide bonds. The Balaban J connectivity index is 3.96. The molecule has 21 heavy (non-hydrogen) atoms. The van der Waals surface area contributed by atoms with Crippen LogP contribution in [0.4, 0.5) is 0 Å². The molecule has 4 nitrogen and oxygen atoms in total. The fraction of sp³-hybridized carbons (Fsp3) is 1.00. The number of rotatable bonds is 14. The van der Waals surface area contributed by atoms with E-state index in [1.54, 1.807) is 0 Å². The van der Waals surface area contributed by atoms with Gasteiger partial charge in [-0.3, -0.25) is 0 Å². The Bertz CT molecular complexity index is 301. The van der Waals surface area contributed by atoms with Crippen LogP contribution in [0.3, 0.4) is 0 Å². The molecule has 0 saturated heterocycles. The largest absolute Gasteiger partial charge is 0.377 e. The van der Waals surface area contributed by atoms with Gasteiger partial charge in [0.15, 0.2) is 10.9 Å². The van der Waals surface area contributed by atoms with E-state index < -0.39 is 20.7 Å². The van der Waals surface area contributed by atoms with Gasteiger partial charge in [-0.15, -0.1) is 0 Å². The summed E-state index contributed by atoms with van der Waals surface area (Å²) in [6.45, 7) is 4.24. The summed E-state index contributed by atoms with van der Waals surface area (Å²) >= 11 is 0. The topological polar surface area (TPSA) is 74.6 Å². The van der Waals surface area contributed by atoms with Crippen molar-refractivity contribution in [3.63, 3.8) is 0 Å². The molecular formula is C16H34O4S. The average molecular weight is 323 g/mol. The zero-order chi connectivity index (χ0) is 16.1. The summed E-state index contributed by atoms with van der Waals surface area (Å²) < 4.78 is 23.9. The minimum atomic E-state index is -3.81. The number of aliphatic hydroxyl groups is 2. The number of unbranched alkanes of at least 4 members (excludes halogenated alkanes) is 8. The Morgan fingerprint density at radius 2 is 1.00 bits per heavy atom. The molecule has 0 radical (unpaired) electrons. The van der Waals surface area contributed by atoms with E-state index in [-0.39, 0.29) is 12.8 Å². The summed E-state index contributed by atoms with van der Waals surface area (Å²) in [7, 11) is -3.81. The first-order chi connectivity index (χ1) is 9.96. The molecule has 0 aliphatic rings. The van der Waals surface area contributed by atoms with Gasteiger partial charge in [0.25, 0.3) is 0 Å². The van der Waals surface area contributed by atoms with Crippen molar-refractivity contribution in [1.29, 1.82) is 0 Å². The van der Waals surface area contributed by atoms with Crippen molar-refractivity contribution in [3.8, 4) is 0 Å². The zero-order valence-electron chi connectivity index (χ0n) is 13.8. The van der Waals surface area contributed by atoms with Crippen LogP contribution in [0.15, 0.2) is 0 Å². The molecule has 0 aromatic heterocycles. The number of sulfone groups is 1. The normalized spacial score (nSPS) is 15.0. The molecule has 0 saturated carbocycles. The van der Waals surface area contributed by atoms with E-state index in [2.05, 4.69) is 13.8 Å². The van der Waals surface area contributed by atoms with E-state index in [1.165, 1.54) is 0 Å². The number of hydrogen-bond donors (Lipinski definition) is 2. The maximum absolute atomic E-state index is 12.0. The van der Waals surface area contributed by atoms with Gasteiger partial charge in [0.1, 0.15) is 0 Å². The van der Waals surface area contributed by atoms with E-state index in [0.29, 0.717) is 12.8 Å². The predicted octanol–water partition coefficient (Wildman–Crippen LogP) is 3.76. The number of hydrogen-bond acceptors (Lipinski definition) is 4. The molecule has 2 atom stereocenters. The first kappa shape index (κ1) is 20.9. The predicted molar refractivity (Wildman–Crippen MR) is 87.7 cm³/mol. The smallest absolute Gasteiger partial charge is 0.203 e. The fourth-order valence-electron chi connectivity index (χ4n) is 2.35. The number of aliphatic hydroxyl groups excluding tert-OH is 2. The van der Waals surface area contributed by atoms with Gasteiger partial charge in [0, 0.05) is 0 Å². The SMILES string of the molecule is CCCCCCCC(O)S(=O)(=O)C(O)CCCCCCC. The second-order valence-electron chi connectivity index (χ2n) is 5.90. The first-order valence-electron chi connectivity index (χ1n) is 8.55. The third-order valence-electron chi connectivity index (χ3n) is 3.87. The molecule has 0 aromatic rings. The third-order valence-corrected chi connectivity index (χ3v) is 5.86. The van der Waals surface area contributed by atoms with Crippen LogP contribution in [0.25, 0.3) is 0 Å². The van der Waals surface area contributed by atoms with Gasteiger partial charge in [0.05, 0.1) is 0 Å². The van der Waals surface area contributed by atoms with Crippen molar-refractivity contribution in [2.24, 2.45) is 0 Å². The van der Waals surface area contributed by atoms with E-state index in [1.807, 2.05) is 0 Å². The van der Waals surface area contributed by atoms with Crippen molar-refractivity contribution in [2.75, 3.05) is 0 Å². The Morgan fingerprint density at radius 3 is 1.33 bits per heavy atom. The van der Waals surface area contributed by atoms with E-state index in [4.69, 9.17) is 0 Å².